The summed E-state index contributed by atoms with van der Waals surface area (Å²) >= 11 is 0. The van der Waals surface area contributed by atoms with Crippen molar-refractivity contribution in [2.24, 2.45) is 0 Å². The number of amides is 1. The lowest BCUT2D eigenvalue weighted by atomic mass is 10.1. The first-order chi connectivity index (χ1) is 16.4. The van der Waals surface area contributed by atoms with Gasteiger partial charge in [-0.05, 0) is 70.6 Å². The van der Waals surface area contributed by atoms with Crippen LogP contribution in [0.2, 0.25) is 0 Å². The Kier molecular flexibility index (Phi) is 15.6. The molecule has 2 aromatic heterocycles. The summed E-state index contributed by atoms with van der Waals surface area (Å²) in [6, 6.07) is 8.01. The van der Waals surface area contributed by atoms with Crippen molar-refractivity contribution in [3.63, 3.8) is 0 Å². The first-order valence-electron chi connectivity index (χ1n) is 11.8. The molecule has 1 aromatic carbocycles. The van der Waals surface area contributed by atoms with E-state index in [4.69, 9.17) is 9.72 Å². The van der Waals surface area contributed by atoms with E-state index < -0.39 is 6.09 Å². The largest absolute Gasteiger partial charge is 0.450 e. The van der Waals surface area contributed by atoms with Crippen LogP contribution in [0.4, 0.5) is 20.7 Å². The highest BCUT2D eigenvalue weighted by molar-refractivity contribution is 5.92. The number of hydrogen-bond acceptors (Lipinski definition) is 7. The van der Waals surface area contributed by atoms with E-state index in [9.17, 15) is 9.18 Å². The molecule has 1 atom stereocenters. The molecule has 0 aliphatic heterocycles. The molecule has 1 unspecified atom stereocenters. The van der Waals surface area contributed by atoms with E-state index in [1.165, 1.54) is 12.1 Å². The predicted molar refractivity (Wildman–Crippen MR) is 152 cm³/mol. The van der Waals surface area contributed by atoms with Gasteiger partial charge in [-0.2, -0.15) is 0 Å². The van der Waals surface area contributed by atoms with Crippen molar-refractivity contribution in [3.8, 4) is 11.3 Å². The molecule has 0 saturated heterocycles. The number of carbonyl (C=O) groups is 1. The van der Waals surface area contributed by atoms with E-state index in [0.717, 1.165) is 38.0 Å². The Morgan fingerprint density at radius 3 is 2.41 bits per heavy atom. The molecular formula is C25H37Cl2FN6O3. The Hall–Kier alpha value is -2.79. The lowest BCUT2D eigenvalue weighted by Crippen LogP contribution is -2.25. The summed E-state index contributed by atoms with van der Waals surface area (Å²) in [6.07, 6.45) is 3.03. The van der Waals surface area contributed by atoms with Crippen LogP contribution in [0.15, 0.2) is 36.5 Å². The third-order valence-electron chi connectivity index (χ3n) is 5.57. The first kappa shape index (κ1) is 34.2. The highest BCUT2D eigenvalue weighted by Crippen LogP contribution is 2.27. The predicted octanol–water partition coefficient (Wildman–Crippen LogP) is 5.34. The molecule has 3 rings (SSSR count). The molecule has 0 fully saturated rings. The standard InChI is InChI=1S/C25H33FN6O2.2ClH.H2O/c1-5-32(6-2)14-8-9-17(4)28-20-15-22(31-25(33)34-7-3)30-24-23(20)29-21(16-27-24)18-10-12-19(26)13-11-18;;;/h10-13,15-17H,5-9,14H2,1-4H3,(H2,27,28,30,31,33);2*1H;1H2. The van der Waals surface area contributed by atoms with Gasteiger partial charge in [-0.3, -0.25) is 5.32 Å². The maximum absolute atomic E-state index is 13.4. The fourth-order valence-electron chi connectivity index (χ4n) is 3.70. The number of nitrogens with zero attached hydrogens (tertiary/aromatic N) is 4. The molecule has 206 valence electrons. The summed E-state index contributed by atoms with van der Waals surface area (Å²) in [4.78, 5) is 28.0. The van der Waals surface area contributed by atoms with Gasteiger partial charge in [-0.15, -0.1) is 24.8 Å². The molecule has 0 spiro atoms. The van der Waals surface area contributed by atoms with Gasteiger partial charge in [0.15, 0.2) is 5.65 Å². The fourth-order valence-corrected chi connectivity index (χ4v) is 3.70. The Labute approximate surface area is 229 Å². The quantitative estimate of drug-likeness (QED) is 0.325. The van der Waals surface area contributed by atoms with Crippen molar-refractivity contribution in [1.82, 2.24) is 19.9 Å². The van der Waals surface area contributed by atoms with Crippen LogP contribution >= 0.6 is 24.8 Å². The normalized spacial score (nSPS) is 11.1. The lowest BCUT2D eigenvalue weighted by Gasteiger charge is -2.21. The SMILES string of the molecule is CCOC(=O)Nc1cc(NC(C)CCCN(CC)CC)c2nc(-c3ccc(F)cc3)cnc2n1.Cl.Cl.O. The second kappa shape index (κ2) is 16.9. The number of pyridine rings is 1. The van der Waals surface area contributed by atoms with Crippen LogP contribution in [0.25, 0.3) is 22.4 Å². The van der Waals surface area contributed by atoms with E-state index in [2.05, 4.69) is 46.3 Å². The van der Waals surface area contributed by atoms with E-state index in [0.29, 0.717) is 28.4 Å². The van der Waals surface area contributed by atoms with Crippen molar-refractivity contribution in [2.75, 3.05) is 36.9 Å². The molecule has 2 heterocycles. The molecule has 37 heavy (non-hydrogen) atoms. The van der Waals surface area contributed by atoms with Crippen LogP contribution < -0.4 is 10.6 Å². The maximum Gasteiger partial charge on any atom is 0.412 e. The van der Waals surface area contributed by atoms with Gasteiger partial charge < -0.3 is 20.4 Å². The number of hydrogen-bond donors (Lipinski definition) is 2. The average molecular weight is 560 g/mol. The molecule has 0 radical (unpaired) electrons. The van der Waals surface area contributed by atoms with Crippen LogP contribution in [0.5, 0.6) is 0 Å². The van der Waals surface area contributed by atoms with Crippen LogP contribution in [0.3, 0.4) is 0 Å². The second-order valence-corrected chi connectivity index (χ2v) is 8.05. The molecule has 9 nitrogen and oxygen atoms in total. The van der Waals surface area contributed by atoms with Gasteiger partial charge in [0.25, 0.3) is 0 Å². The van der Waals surface area contributed by atoms with Gasteiger partial charge in [-0.25, -0.2) is 24.1 Å². The highest BCUT2D eigenvalue weighted by Gasteiger charge is 2.15. The zero-order chi connectivity index (χ0) is 24.5. The zero-order valence-corrected chi connectivity index (χ0v) is 23.2. The van der Waals surface area contributed by atoms with Crippen molar-refractivity contribution < 1.29 is 19.4 Å². The number of halogens is 3. The van der Waals surface area contributed by atoms with Crippen molar-refractivity contribution in [3.05, 3.63) is 42.3 Å². The van der Waals surface area contributed by atoms with Crippen molar-refractivity contribution in [1.29, 1.82) is 0 Å². The number of rotatable bonds is 11. The third-order valence-corrected chi connectivity index (χ3v) is 5.57. The summed E-state index contributed by atoms with van der Waals surface area (Å²) in [6.45, 7) is 11.6. The Morgan fingerprint density at radius 1 is 1.11 bits per heavy atom. The Bertz CT molecular complexity index is 1100. The molecule has 0 aliphatic carbocycles. The van der Waals surface area contributed by atoms with Crippen LogP contribution in [0, 0.1) is 5.82 Å². The maximum atomic E-state index is 13.4. The minimum absolute atomic E-state index is 0. The van der Waals surface area contributed by atoms with Gasteiger partial charge in [0.2, 0.25) is 0 Å². The number of aromatic nitrogens is 3. The summed E-state index contributed by atoms with van der Waals surface area (Å²) in [7, 11) is 0. The number of benzene rings is 1. The van der Waals surface area contributed by atoms with Gasteiger partial charge in [0, 0.05) is 17.7 Å². The van der Waals surface area contributed by atoms with E-state index in [1.807, 2.05) is 0 Å². The van der Waals surface area contributed by atoms with Gasteiger partial charge in [-0.1, -0.05) is 13.8 Å². The number of fused-ring (bicyclic) bond motifs is 1. The molecule has 12 heteroatoms. The van der Waals surface area contributed by atoms with Crippen LogP contribution in [0.1, 0.15) is 40.5 Å². The Morgan fingerprint density at radius 2 is 1.78 bits per heavy atom. The molecule has 0 aliphatic rings. The number of nitrogens with one attached hydrogen (secondary N) is 2. The summed E-state index contributed by atoms with van der Waals surface area (Å²) < 4.78 is 18.3. The molecule has 0 bridgehead atoms. The second-order valence-electron chi connectivity index (χ2n) is 8.05. The number of anilines is 2. The van der Waals surface area contributed by atoms with E-state index >= 15 is 0 Å². The summed E-state index contributed by atoms with van der Waals surface area (Å²) in [5.41, 5.74) is 3.04. The summed E-state index contributed by atoms with van der Waals surface area (Å²) in [5.74, 6) is 0.0161. The Balaban J connectivity index is 0.00000432. The number of ether oxygens (including phenoxy) is 1. The molecular weight excluding hydrogens is 522 g/mol. The monoisotopic (exact) mass is 558 g/mol. The van der Waals surface area contributed by atoms with Gasteiger partial charge in [0.05, 0.1) is 24.2 Å². The topological polar surface area (TPSA) is 124 Å². The molecule has 4 N–H and O–H groups in total. The lowest BCUT2D eigenvalue weighted by molar-refractivity contribution is 0.168. The fraction of sp³-hybridized carbons (Fsp3) is 0.440. The highest BCUT2D eigenvalue weighted by atomic mass is 35.5. The minimum Gasteiger partial charge on any atom is -0.450 e. The number of carbonyl (C=O) groups excluding carboxylic acids is 1. The smallest absolute Gasteiger partial charge is 0.412 e. The van der Waals surface area contributed by atoms with E-state index in [-0.39, 0.29) is 48.8 Å². The molecule has 0 saturated carbocycles. The first-order valence-corrected chi connectivity index (χ1v) is 11.8. The minimum atomic E-state index is -0.580. The molecule has 1 amide bonds. The zero-order valence-electron chi connectivity index (χ0n) is 21.6. The summed E-state index contributed by atoms with van der Waals surface area (Å²) in [5, 5.41) is 6.16. The van der Waals surface area contributed by atoms with Gasteiger partial charge in [0.1, 0.15) is 17.2 Å². The molecule has 3 aromatic rings. The van der Waals surface area contributed by atoms with Crippen molar-refractivity contribution in [2.45, 2.75) is 46.6 Å². The van der Waals surface area contributed by atoms with E-state index in [1.54, 1.807) is 31.3 Å². The van der Waals surface area contributed by atoms with Crippen molar-refractivity contribution >= 4 is 53.6 Å². The van der Waals surface area contributed by atoms with Crippen LogP contribution in [-0.2, 0) is 4.74 Å². The third kappa shape index (κ3) is 9.88. The average Bonchev–Trinajstić information content (AvgIpc) is 2.82. The van der Waals surface area contributed by atoms with Crippen LogP contribution in [-0.4, -0.2) is 63.7 Å². The van der Waals surface area contributed by atoms with Gasteiger partial charge >= 0.3 is 6.09 Å².